The molecule has 0 atom stereocenters. The maximum absolute atomic E-state index is 12.5. The second-order valence-corrected chi connectivity index (χ2v) is 9.16. The second-order valence-electron chi connectivity index (χ2n) is 7.00. The van der Waals surface area contributed by atoms with Crippen LogP contribution in [-0.4, -0.2) is 27.1 Å². The van der Waals surface area contributed by atoms with Crippen LogP contribution in [-0.2, 0) is 15.4 Å². The molecule has 140 valence electrons. The molecule has 0 fully saturated rings. The Balaban J connectivity index is 2.14. The SMILES string of the molecule is Cc1cccc(C(C)(C)CNC(=O)c2ccc(Cl)c(NS(C)(=O)=O)c2)c1. The maximum atomic E-state index is 12.5. The van der Waals surface area contributed by atoms with Gasteiger partial charge in [0.15, 0.2) is 0 Å². The first-order valence-corrected chi connectivity index (χ1v) is 10.4. The number of carbonyl (C=O) groups is 1. The Morgan fingerprint density at radius 2 is 1.85 bits per heavy atom. The first kappa shape index (κ1) is 20.3. The number of nitrogens with one attached hydrogen (secondary N) is 2. The summed E-state index contributed by atoms with van der Waals surface area (Å²) in [6.45, 7) is 6.58. The molecular formula is C19H23ClN2O3S. The van der Waals surface area contributed by atoms with Crippen molar-refractivity contribution in [2.45, 2.75) is 26.2 Å². The van der Waals surface area contributed by atoms with Gasteiger partial charge in [-0.25, -0.2) is 8.42 Å². The lowest BCUT2D eigenvalue weighted by Gasteiger charge is -2.26. The summed E-state index contributed by atoms with van der Waals surface area (Å²) in [6.07, 6.45) is 1.03. The number of rotatable bonds is 6. The monoisotopic (exact) mass is 394 g/mol. The third-order valence-electron chi connectivity index (χ3n) is 4.01. The zero-order valence-corrected chi connectivity index (χ0v) is 16.8. The Morgan fingerprint density at radius 3 is 2.46 bits per heavy atom. The third kappa shape index (κ3) is 5.47. The average molecular weight is 395 g/mol. The Hall–Kier alpha value is -2.05. The molecule has 0 heterocycles. The average Bonchev–Trinajstić information content (AvgIpc) is 2.53. The molecule has 0 aliphatic carbocycles. The lowest BCUT2D eigenvalue weighted by atomic mass is 9.84. The topological polar surface area (TPSA) is 75.3 Å². The molecule has 0 saturated carbocycles. The summed E-state index contributed by atoms with van der Waals surface area (Å²) in [5.41, 5.74) is 2.56. The van der Waals surface area contributed by atoms with Crippen LogP contribution in [0.3, 0.4) is 0 Å². The predicted molar refractivity (Wildman–Crippen MR) is 106 cm³/mol. The highest BCUT2D eigenvalue weighted by molar-refractivity contribution is 7.92. The van der Waals surface area contributed by atoms with Crippen LogP contribution in [0.15, 0.2) is 42.5 Å². The van der Waals surface area contributed by atoms with Crippen molar-refractivity contribution in [3.63, 3.8) is 0 Å². The summed E-state index contributed by atoms with van der Waals surface area (Å²) in [7, 11) is -3.48. The zero-order valence-electron chi connectivity index (χ0n) is 15.3. The smallest absolute Gasteiger partial charge is 0.251 e. The molecule has 0 aliphatic heterocycles. The molecule has 26 heavy (non-hydrogen) atoms. The predicted octanol–water partition coefficient (Wildman–Crippen LogP) is 3.73. The molecule has 7 heteroatoms. The summed E-state index contributed by atoms with van der Waals surface area (Å²) in [5.74, 6) is -0.293. The Morgan fingerprint density at radius 1 is 1.15 bits per heavy atom. The van der Waals surface area contributed by atoms with Crippen LogP contribution in [0.4, 0.5) is 5.69 Å². The van der Waals surface area contributed by atoms with Gasteiger partial charge >= 0.3 is 0 Å². The van der Waals surface area contributed by atoms with Crippen LogP contribution in [0.2, 0.25) is 5.02 Å². The van der Waals surface area contributed by atoms with E-state index in [1.807, 2.05) is 25.1 Å². The fourth-order valence-electron chi connectivity index (χ4n) is 2.52. The van der Waals surface area contributed by atoms with E-state index in [4.69, 9.17) is 11.6 Å². The van der Waals surface area contributed by atoms with Crippen molar-refractivity contribution in [2.24, 2.45) is 0 Å². The van der Waals surface area contributed by atoms with Crippen LogP contribution in [0.5, 0.6) is 0 Å². The Labute approximate surface area is 159 Å². The van der Waals surface area contributed by atoms with Crippen LogP contribution in [0.1, 0.15) is 35.3 Å². The molecule has 2 aromatic rings. The fourth-order valence-corrected chi connectivity index (χ4v) is 3.31. The van der Waals surface area contributed by atoms with Gasteiger partial charge in [0.25, 0.3) is 5.91 Å². The van der Waals surface area contributed by atoms with E-state index in [9.17, 15) is 13.2 Å². The fraction of sp³-hybridized carbons (Fsp3) is 0.316. The van der Waals surface area contributed by atoms with Crippen molar-refractivity contribution in [3.8, 4) is 0 Å². The molecule has 2 rings (SSSR count). The summed E-state index contributed by atoms with van der Waals surface area (Å²) in [4.78, 5) is 12.5. The number of anilines is 1. The third-order valence-corrected chi connectivity index (χ3v) is 4.93. The lowest BCUT2D eigenvalue weighted by molar-refractivity contribution is 0.0945. The molecule has 0 unspecified atom stereocenters. The highest BCUT2D eigenvalue weighted by Crippen LogP contribution is 2.25. The van der Waals surface area contributed by atoms with Gasteiger partial charge in [-0.15, -0.1) is 0 Å². The minimum atomic E-state index is -3.48. The lowest BCUT2D eigenvalue weighted by Crippen LogP contribution is -2.36. The molecule has 1 amide bonds. The highest BCUT2D eigenvalue weighted by atomic mass is 35.5. The maximum Gasteiger partial charge on any atom is 0.251 e. The number of aryl methyl sites for hydroxylation is 1. The van der Waals surface area contributed by atoms with Gasteiger partial charge in [-0.05, 0) is 30.7 Å². The van der Waals surface area contributed by atoms with Gasteiger partial charge in [-0.3, -0.25) is 9.52 Å². The standard InChI is InChI=1S/C19H23ClN2O3S/c1-13-6-5-7-15(10-13)19(2,3)12-21-18(23)14-8-9-16(20)17(11-14)22-26(4,24)25/h5-11,22H,12H2,1-4H3,(H,21,23). The van der Waals surface area contributed by atoms with Gasteiger partial charge in [0.2, 0.25) is 10.0 Å². The van der Waals surface area contributed by atoms with Crippen LogP contribution < -0.4 is 10.0 Å². The Kier molecular flexibility index (Phi) is 5.98. The Bertz CT molecular complexity index is 924. The van der Waals surface area contributed by atoms with Crippen LogP contribution >= 0.6 is 11.6 Å². The van der Waals surface area contributed by atoms with E-state index < -0.39 is 10.0 Å². The molecule has 2 N–H and O–H groups in total. The van der Waals surface area contributed by atoms with Gasteiger partial charge in [-0.1, -0.05) is 55.3 Å². The number of sulfonamides is 1. The second kappa shape index (κ2) is 7.68. The van der Waals surface area contributed by atoms with Crippen LogP contribution in [0, 0.1) is 6.92 Å². The van der Waals surface area contributed by atoms with Gasteiger partial charge in [0.1, 0.15) is 0 Å². The number of hydrogen-bond donors (Lipinski definition) is 2. The molecule has 0 aromatic heterocycles. The van der Waals surface area contributed by atoms with Crippen molar-refractivity contribution < 1.29 is 13.2 Å². The quantitative estimate of drug-likeness (QED) is 0.783. The van der Waals surface area contributed by atoms with Gasteiger partial charge in [-0.2, -0.15) is 0 Å². The molecule has 2 aromatic carbocycles. The van der Waals surface area contributed by atoms with Crippen molar-refractivity contribution in [2.75, 3.05) is 17.5 Å². The molecule has 0 aliphatic rings. The van der Waals surface area contributed by atoms with Crippen LogP contribution in [0.25, 0.3) is 0 Å². The van der Waals surface area contributed by atoms with Crippen molar-refractivity contribution in [1.29, 1.82) is 0 Å². The van der Waals surface area contributed by atoms with E-state index in [0.29, 0.717) is 12.1 Å². The molecule has 0 spiro atoms. The summed E-state index contributed by atoms with van der Waals surface area (Å²) in [5, 5.41) is 3.14. The minimum absolute atomic E-state index is 0.180. The van der Waals surface area contributed by atoms with E-state index >= 15 is 0 Å². The molecule has 0 radical (unpaired) electrons. The number of amides is 1. The first-order valence-electron chi connectivity index (χ1n) is 8.11. The molecule has 0 saturated heterocycles. The number of halogens is 1. The first-order chi connectivity index (χ1) is 12.0. The van der Waals surface area contributed by atoms with E-state index in [2.05, 4.69) is 30.0 Å². The normalized spacial score (nSPS) is 11.9. The summed E-state index contributed by atoms with van der Waals surface area (Å²) < 4.78 is 25.1. The summed E-state index contributed by atoms with van der Waals surface area (Å²) >= 11 is 5.99. The van der Waals surface area contributed by atoms with E-state index in [-0.39, 0.29) is 22.0 Å². The molecule has 0 bridgehead atoms. The minimum Gasteiger partial charge on any atom is -0.351 e. The van der Waals surface area contributed by atoms with Crippen molar-refractivity contribution in [1.82, 2.24) is 5.32 Å². The van der Waals surface area contributed by atoms with Crippen molar-refractivity contribution in [3.05, 3.63) is 64.2 Å². The van der Waals surface area contributed by atoms with Gasteiger partial charge < -0.3 is 5.32 Å². The molecule has 5 nitrogen and oxygen atoms in total. The van der Waals surface area contributed by atoms with Gasteiger partial charge in [0.05, 0.1) is 17.0 Å². The van der Waals surface area contributed by atoms with Crippen molar-refractivity contribution >= 4 is 33.2 Å². The zero-order chi connectivity index (χ0) is 19.5. The highest BCUT2D eigenvalue weighted by Gasteiger charge is 2.22. The summed E-state index contributed by atoms with van der Waals surface area (Å²) in [6, 6.07) is 12.6. The number of carbonyl (C=O) groups excluding carboxylic acids is 1. The number of hydrogen-bond acceptors (Lipinski definition) is 3. The van der Waals surface area contributed by atoms with E-state index in [0.717, 1.165) is 17.4 Å². The number of benzene rings is 2. The van der Waals surface area contributed by atoms with Gasteiger partial charge in [0, 0.05) is 17.5 Å². The largest absolute Gasteiger partial charge is 0.351 e. The van der Waals surface area contributed by atoms with E-state index in [1.54, 1.807) is 6.07 Å². The molecular weight excluding hydrogens is 372 g/mol. The van der Waals surface area contributed by atoms with E-state index in [1.165, 1.54) is 12.1 Å².